The fraction of sp³-hybridized carbons (Fsp3) is 0.500. The summed E-state index contributed by atoms with van der Waals surface area (Å²) in [5.41, 5.74) is 6.35. The summed E-state index contributed by atoms with van der Waals surface area (Å²) in [5, 5.41) is 0.0386. The maximum absolute atomic E-state index is 12.6. The lowest BCUT2D eigenvalue weighted by Crippen LogP contribution is -2.38. The molecule has 0 amide bonds. The van der Waals surface area contributed by atoms with Crippen molar-refractivity contribution in [2.45, 2.75) is 43.7 Å². The first-order chi connectivity index (χ1) is 9.97. The first-order valence-electron chi connectivity index (χ1n) is 7.22. The van der Waals surface area contributed by atoms with Gasteiger partial charge in [-0.2, -0.15) is 0 Å². The fourth-order valence-corrected chi connectivity index (χ4v) is 4.43. The number of nitrogens with one attached hydrogen (secondary N) is 1. The van der Waals surface area contributed by atoms with Crippen LogP contribution in [-0.2, 0) is 10.0 Å². The summed E-state index contributed by atoms with van der Waals surface area (Å²) in [4.78, 5) is 4.11. The van der Waals surface area contributed by atoms with Crippen LogP contribution >= 0.6 is 0 Å². The average molecular weight is 308 g/mol. The minimum atomic E-state index is -3.67. The molecule has 2 heterocycles. The molecule has 7 heteroatoms. The molecule has 0 atom stereocenters. The van der Waals surface area contributed by atoms with Crippen LogP contribution < -0.4 is 10.5 Å². The van der Waals surface area contributed by atoms with E-state index in [2.05, 4.69) is 16.6 Å². The second-order valence-corrected chi connectivity index (χ2v) is 7.44. The summed E-state index contributed by atoms with van der Waals surface area (Å²) in [6.07, 6.45) is 5.51. The van der Waals surface area contributed by atoms with E-state index in [1.54, 1.807) is 24.4 Å². The predicted octanol–water partition coefficient (Wildman–Crippen LogP) is 1.77. The van der Waals surface area contributed by atoms with Crippen molar-refractivity contribution in [3.63, 3.8) is 0 Å². The van der Waals surface area contributed by atoms with Gasteiger partial charge in [0, 0.05) is 12.2 Å². The summed E-state index contributed by atoms with van der Waals surface area (Å²) in [6, 6.07) is 5.28. The lowest BCUT2D eigenvalue weighted by Gasteiger charge is -2.26. The van der Waals surface area contributed by atoms with Gasteiger partial charge >= 0.3 is 0 Å². The van der Waals surface area contributed by atoms with Gasteiger partial charge in [-0.05, 0) is 43.7 Å². The Balaban J connectivity index is 1.92. The molecule has 0 saturated heterocycles. The van der Waals surface area contributed by atoms with Crippen LogP contribution in [0.1, 0.15) is 32.6 Å². The molecule has 0 bridgehead atoms. The zero-order chi connectivity index (χ0) is 15.0. The van der Waals surface area contributed by atoms with Crippen molar-refractivity contribution in [1.29, 1.82) is 0 Å². The van der Waals surface area contributed by atoms with Gasteiger partial charge < -0.3 is 5.73 Å². The van der Waals surface area contributed by atoms with E-state index in [9.17, 15) is 8.42 Å². The molecule has 3 rings (SSSR count). The number of nitrogen functional groups attached to an aromatic ring is 1. The number of aromatic nitrogens is 2. The highest BCUT2D eigenvalue weighted by atomic mass is 32.2. The van der Waals surface area contributed by atoms with E-state index in [0.29, 0.717) is 11.6 Å². The molecular formula is C14H20N4O2S. The van der Waals surface area contributed by atoms with E-state index in [-0.39, 0.29) is 16.9 Å². The number of hydrogen-bond acceptors (Lipinski definition) is 4. The Labute approximate surface area is 124 Å². The number of sulfonamides is 1. The van der Waals surface area contributed by atoms with Crippen LogP contribution in [0.25, 0.3) is 5.65 Å². The van der Waals surface area contributed by atoms with Gasteiger partial charge in [0.05, 0.1) is 0 Å². The molecule has 0 aliphatic heterocycles. The molecule has 21 heavy (non-hydrogen) atoms. The van der Waals surface area contributed by atoms with Crippen molar-refractivity contribution in [3.8, 4) is 0 Å². The summed E-state index contributed by atoms with van der Waals surface area (Å²) < 4.78 is 29.6. The van der Waals surface area contributed by atoms with Crippen LogP contribution in [0.3, 0.4) is 0 Å². The summed E-state index contributed by atoms with van der Waals surface area (Å²) >= 11 is 0. The normalized spacial score (nSPS) is 23.5. The zero-order valence-corrected chi connectivity index (χ0v) is 12.8. The van der Waals surface area contributed by atoms with Gasteiger partial charge in [-0.3, -0.25) is 4.40 Å². The Morgan fingerprint density at radius 2 is 2.00 bits per heavy atom. The summed E-state index contributed by atoms with van der Waals surface area (Å²) in [6.45, 7) is 2.20. The molecule has 3 N–H and O–H groups in total. The minimum absolute atomic E-state index is 0.0140. The largest absolute Gasteiger partial charge is 0.381 e. The summed E-state index contributed by atoms with van der Waals surface area (Å²) in [7, 11) is -3.67. The first-order valence-corrected chi connectivity index (χ1v) is 8.70. The third-order valence-corrected chi connectivity index (χ3v) is 5.66. The minimum Gasteiger partial charge on any atom is -0.381 e. The number of anilines is 1. The monoisotopic (exact) mass is 308 g/mol. The fourth-order valence-electron chi connectivity index (χ4n) is 2.91. The molecule has 2 aromatic heterocycles. The van der Waals surface area contributed by atoms with Gasteiger partial charge in [-0.25, -0.2) is 18.1 Å². The molecular weight excluding hydrogens is 288 g/mol. The molecule has 114 valence electrons. The zero-order valence-electron chi connectivity index (χ0n) is 12.0. The van der Waals surface area contributed by atoms with Gasteiger partial charge in [0.15, 0.2) is 10.8 Å². The number of pyridine rings is 1. The number of rotatable bonds is 3. The highest BCUT2D eigenvalue weighted by Crippen LogP contribution is 2.26. The van der Waals surface area contributed by atoms with E-state index < -0.39 is 10.0 Å². The quantitative estimate of drug-likeness (QED) is 0.904. The van der Waals surface area contributed by atoms with Crippen molar-refractivity contribution in [3.05, 3.63) is 24.4 Å². The lowest BCUT2D eigenvalue weighted by molar-refractivity contribution is 0.332. The summed E-state index contributed by atoms with van der Waals surface area (Å²) in [5.74, 6) is 0.712. The molecule has 6 nitrogen and oxygen atoms in total. The SMILES string of the molecule is CC1CCC(NS(=O)(=O)c2c(N)nc3ccccn23)CC1. The van der Waals surface area contributed by atoms with E-state index in [0.717, 1.165) is 25.7 Å². The second-order valence-electron chi connectivity index (χ2n) is 5.81. The maximum atomic E-state index is 12.6. The third-order valence-electron chi connectivity index (χ3n) is 4.10. The number of nitrogens with zero attached hydrogens (tertiary/aromatic N) is 2. The second kappa shape index (κ2) is 5.31. The molecule has 0 aromatic carbocycles. The van der Waals surface area contributed by atoms with Crippen LogP contribution in [0.15, 0.2) is 29.4 Å². The van der Waals surface area contributed by atoms with Crippen LogP contribution in [0, 0.1) is 5.92 Å². The van der Waals surface area contributed by atoms with Crippen LogP contribution in [0.4, 0.5) is 5.82 Å². The number of hydrogen-bond donors (Lipinski definition) is 2. The van der Waals surface area contributed by atoms with E-state index in [1.807, 2.05) is 0 Å². The molecule has 0 radical (unpaired) electrons. The lowest BCUT2D eigenvalue weighted by atomic mass is 9.88. The van der Waals surface area contributed by atoms with E-state index >= 15 is 0 Å². The van der Waals surface area contributed by atoms with Gasteiger partial charge in [-0.15, -0.1) is 0 Å². The van der Waals surface area contributed by atoms with E-state index in [1.165, 1.54) is 4.40 Å². The van der Waals surface area contributed by atoms with Gasteiger partial charge in [0.1, 0.15) is 5.65 Å². The Morgan fingerprint density at radius 3 is 2.71 bits per heavy atom. The Bertz CT molecular complexity index is 745. The molecule has 0 unspecified atom stereocenters. The Morgan fingerprint density at radius 1 is 1.29 bits per heavy atom. The smallest absolute Gasteiger partial charge is 0.260 e. The molecule has 1 aliphatic carbocycles. The van der Waals surface area contributed by atoms with Gasteiger partial charge in [0.2, 0.25) is 0 Å². The first kappa shape index (κ1) is 14.3. The highest BCUT2D eigenvalue weighted by molar-refractivity contribution is 7.89. The maximum Gasteiger partial charge on any atom is 0.260 e. The topological polar surface area (TPSA) is 89.5 Å². The molecule has 1 fully saturated rings. The van der Waals surface area contributed by atoms with Crippen LogP contribution in [0.2, 0.25) is 0 Å². The predicted molar refractivity (Wildman–Crippen MR) is 81.3 cm³/mol. The molecule has 1 saturated carbocycles. The van der Waals surface area contributed by atoms with Gasteiger partial charge in [-0.1, -0.05) is 13.0 Å². The number of nitrogens with two attached hydrogens (primary N) is 1. The molecule has 0 spiro atoms. The van der Waals surface area contributed by atoms with Crippen molar-refractivity contribution in [2.75, 3.05) is 5.73 Å². The van der Waals surface area contributed by atoms with Crippen molar-refractivity contribution >= 4 is 21.5 Å². The van der Waals surface area contributed by atoms with Gasteiger partial charge in [0.25, 0.3) is 10.0 Å². The molecule has 2 aromatic rings. The average Bonchev–Trinajstić information content (AvgIpc) is 2.77. The van der Waals surface area contributed by atoms with Crippen molar-refractivity contribution in [2.24, 2.45) is 5.92 Å². The highest BCUT2D eigenvalue weighted by Gasteiger charge is 2.28. The Hall–Kier alpha value is -1.60. The molecule has 1 aliphatic rings. The number of imidazole rings is 1. The van der Waals surface area contributed by atoms with Crippen molar-refractivity contribution < 1.29 is 8.42 Å². The van der Waals surface area contributed by atoms with Crippen LogP contribution in [-0.4, -0.2) is 23.8 Å². The standard InChI is InChI=1S/C14H20N4O2S/c1-10-5-7-11(8-6-10)17-21(19,20)14-13(15)16-12-4-2-3-9-18(12)14/h2-4,9-11,17H,5-8,15H2,1H3. The van der Waals surface area contributed by atoms with Crippen molar-refractivity contribution in [1.82, 2.24) is 14.1 Å². The third kappa shape index (κ3) is 2.75. The number of fused-ring (bicyclic) bond motifs is 1. The Kier molecular flexibility index (Phi) is 3.62. The van der Waals surface area contributed by atoms with E-state index in [4.69, 9.17) is 5.73 Å². The van der Waals surface area contributed by atoms with Crippen LogP contribution in [0.5, 0.6) is 0 Å².